The van der Waals surface area contributed by atoms with Crippen LogP contribution in [0.1, 0.15) is 28.9 Å². The summed E-state index contributed by atoms with van der Waals surface area (Å²) >= 11 is 0. The van der Waals surface area contributed by atoms with Crippen molar-refractivity contribution in [2.24, 2.45) is 5.92 Å². The highest BCUT2D eigenvalue weighted by atomic mass is 35.5. The second-order valence-electron chi connectivity index (χ2n) is 8.49. The summed E-state index contributed by atoms with van der Waals surface area (Å²) in [4.78, 5) is 25.3. The van der Waals surface area contributed by atoms with Gasteiger partial charge < -0.3 is 30.2 Å². The molecule has 2 aliphatic rings. The Morgan fingerprint density at radius 1 is 1.27 bits per heavy atom. The van der Waals surface area contributed by atoms with E-state index in [0.29, 0.717) is 65.1 Å². The van der Waals surface area contributed by atoms with E-state index in [4.69, 9.17) is 9.47 Å². The van der Waals surface area contributed by atoms with Gasteiger partial charge in [0, 0.05) is 30.4 Å². The Morgan fingerprint density at radius 3 is 2.79 bits per heavy atom. The van der Waals surface area contributed by atoms with Gasteiger partial charge in [-0.25, -0.2) is 9.97 Å². The first-order valence-corrected chi connectivity index (χ1v) is 10.9. The largest absolute Gasteiger partial charge is 0.497 e. The fourth-order valence-corrected chi connectivity index (χ4v) is 4.09. The molecule has 1 aromatic carbocycles. The third-order valence-electron chi connectivity index (χ3n) is 6.11. The summed E-state index contributed by atoms with van der Waals surface area (Å²) in [5, 5.41) is 16.0. The fourth-order valence-electron chi connectivity index (χ4n) is 4.09. The lowest BCUT2D eigenvalue weighted by Gasteiger charge is -2.15. The Morgan fingerprint density at radius 2 is 2.09 bits per heavy atom. The van der Waals surface area contributed by atoms with E-state index in [0.717, 1.165) is 5.56 Å². The molecular formula is C23H28ClN5O4. The lowest BCUT2D eigenvalue weighted by molar-refractivity contribution is 0.0889. The first kappa shape index (κ1) is 23.3. The van der Waals surface area contributed by atoms with Crippen molar-refractivity contribution in [3.63, 3.8) is 0 Å². The van der Waals surface area contributed by atoms with Crippen molar-refractivity contribution in [1.29, 1.82) is 0 Å². The molecule has 0 bridgehead atoms. The third kappa shape index (κ3) is 4.62. The molecule has 2 atom stereocenters. The van der Waals surface area contributed by atoms with Crippen molar-refractivity contribution in [1.82, 2.24) is 25.6 Å². The molecule has 1 aliphatic carbocycles. The number of fused-ring (bicyclic) bond motifs is 1. The standard InChI is InChI=1S/C23H27N5O4.ClH/c1-12-19(23(30)28-16-8-24-9-17(16)29)21-22(27-12)20(25-11-26-21)15-6-5-14(31-2)7-18(15)32-10-13-3-4-13;/h5-7,11,13,16-17,24,27,29H,3-4,8-10H2,1-2H3,(H,28,30);1H/t16-,17-;/m1./s1. The van der Waals surface area contributed by atoms with E-state index in [2.05, 4.69) is 25.6 Å². The van der Waals surface area contributed by atoms with Crippen LogP contribution in [0.5, 0.6) is 11.5 Å². The highest BCUT2D eigenvalue weighted by Gasteiger charge is 2.29. The van der Waals surface area contributed by atoms with Gasteiger partial charge in [0.1, 0.15) is 29.0 Å². The summed E-state index contributed by atoms with van der Waals surface area (Å²) < 4.78 is 11.5. The first-order valence-electron chi connectivity index (χ1n) is 10.9. The van der Waals surface area contributed by atoms with Crippen LogP contribution in [0.3, 0.4) is 0 Å². The maximum Gasteiger partial charge on any atom is 0.255 e. The maximum atomic E-state index is 13.1. The van der Waals surface area contributed by atoms with Crippen LogP contribution in [-0.4, -0.2) is 64.9 Å². The molecule has 9 nitrogen and oxygen atoms in total. The summed E-state index contributed by atoms with van der Waals surface area (Å²) in [5.41, 5.74) is 3.82. The van der Waals surface area contributed by atoms with Crippen LogP contribution in [0.25, 0.3) is 22.3 Å². The monoisotopic (exact) mass is 473 g/mol. The predicted octanol–water partition coefficient (Wildman–Crippen LogP) is 2.22. The van der Waals surface area contributed by atoms with Gasteiger partial charge in [0.25, 0.3) is 5.91 Å². The van der Waals surface area contributed by atoms with Crippen LogP contribution < -0.4 is 20.1 Å². The van der Waals surface area contributed by atoms with Crippen molar-refractivity contribution in [2.75, 3.05) is 26.8 Å². The quantitative estimate of drug-likeness (QED) is 0.415. The van der Waals surface area contributed by atoms with Gasteiger partial charge in [0.15, 0.2) is 0 Å². The second-order valence-corrected chi connectivity index (χ2v) is 8.49. The summed E-state index contributed by atoms with van der Waals surface area (Å²) in [7, 11) is 1.62. The van der Waals surface area contributed by atoms with Crippen LogP contribution in [0.4, 0.5) is 0 Å². The molecule has 2 fully saturated rings. The number of ether oxygens (including phenoxy) is 2. The molecule has 1 saturated carbocycles. The molecular weight excluding hydrogens is 446 g/mol. The number of benzene rings is 1. The van der Waals surface area contributed by atoms with Gasteiger partial charge in [-0.2, -0.15) is 0 Å². The number of aliphatic hydroxyl groups excluding tert-OH is 1. The molecule has 0 unspecified atom stereocenters. The molecule has 1 aliphatic heterocycles. The number of methoxy groups -OCH3 is 1. The van der Waals surface area contributed by atoms with Gasteiger partial charge >= 0.3 is 0 Å². The van der Waals surface area contributed by atoms with Crippen molar-refractivity contribution in [3.05, 3.63) is 35.8 Å². The highest BCUT2D eigenvalue weighted by molar-refractivity contribution is 6.09. The number of aryl methyl sites for hydroxylation is 1. The van der Waals surface area contributed by atoms with Gasteiger partial charge in [-0.1, -0.05) is 0 Å². The van der Waals surface area contributed by atoms with E-state index in [1.165, 1.54) is 19.2 Å². The van der Waals surface area contributed by atoms with E-state index < -0.39 is 6.10 Å². The average molecular weight is 474 g/mol. The number of hydrogen-bond acceptors (Lipinski definition) is 7. The van der Waals surface area contributed by atoms with Crippen LogP contribution in [0, 0.1) is 12.8 Å². The van der Waals surface area contributed by atoms with Gasteiger partial charge in [0.05, 0.1) is 36.9 Å². The second kappa shape index (κ2) is 9.54. The number of aromatic nitrogens is 3. The molecule has 3 heterocycles. The Bertz CT molecular complexity index is 1160. The molecule has 1 amide bonds. The zero-order valence-electron chi connectivity index (χ0n) is 18.6. The molecule has 3 aromatic rings. The number of aliphatic hydroxyl groups is 1. The highest BCUT2D eigenvalue weighted by Crippen LogP contribution is 2.38. The molecule has 1 saturated heterocycles. The Kier molecular flexibility index (Phi) is 6.73. The number of halogens is 1. The maximum absolute atomic E-state index is 13.1. The van der Waals surface area contributed by atoms with E-state index in [-0.39, 0.29) is 24.4 Å². The Hall–Kier alpha value is -2.88. The van der Waals surface area contributed by atoms with Crippen LogP contribution in [-0.2, 0) is 0 Å². The molecule has 0 radical (unpaired) electrons. The molecule has 10 heteroatoms. The third-order valence-corrected chi connectivity index (χ3v) is 6.11. The number of rotatable bonds is 7. The minimum Gasteiger partial charge on any atom is -0.497 e. The minimum atomic E-state index is -0.611. The number of carbonyl (C=O) groups is 1. The average Bonchev–Trinajstić information content (AvgIpc) is 3.44. The van der Waals surface area contributed by atoms with E-state index >= 15 is 0 Å². The number of hydrogen-bond donors (Lipinski definition) is 4. The smallest absolute Gasteiger partial charge is 0.255 e. The van der Waals surface area contributed by atoms with Crippen molar-refractivity contribution < 1.29 is 19.4 Å². The van der Waals surface area contributed by atoms with Crippen LogP contribution in [0.15, 0.2) is 24.5 Å². The molecule has 5 rings (SSSR count). The summed E-state index contributed by atoms with van der Waals surface area (Å²) in [6.45, 7) is 3.49. The van der Waals surface area contributed by atoms with Crippen LogP contribution in [0.2, 0.25) is 0 Å². The molecule has 176 valence electrons. The van der Waals surface area contributed by atoms with E-state index in [9.17, 15) is 9.90 Å². The number of β-amino-alcohol motifs (C(OH)–C–C–N with tert-alkyl or cyclic N) is 1. The number of amides is 1. The van der Waals surface area contributed by atoms with Gasteiger partial charge in [0.2, 0.25) is 0 Å². The zero-order chi connectivity index (χ0) is 22.2. The lowest BCUT2D eigenvalue weighted by atomic mass is 10.1. The lowest BCUT2D eigenvalue weighted by Crippen LogP contribution is -2.42. The summed E-state index contributed by atoms with van der Waals surface area (Å²) in [6, 6.07) is 5.31. The van der Waals surface area contributed by atoms with Gasteiger partial charge in [-0.3, -0.25) is 4.79 Å². The number of carbonyl (C=O) groups excluding carboxylic acids is 1. The number of H-pyrrole nitrogens is 1. The Labute approximate surface area is 197 Å². The molecule has 2 aromatic heterocycles. The zero-order valence-corrected chi connectivity index (χ0v) is 19.4. The van der Waals surface area contributed by atoms with Gasteiger partial charge in [-0.15, -0.1) is 12.4 Å². The first-order chi connectivity index (χ1) is 15.5. The normalized spacial score (nSPS) is 19.8. The fraction of sp³-hybridized carbons (Fsp3) is 0.435. The Balaban J connectivity index is 0.00000259. The van der Waals surface area contributed by atoms with E-state index in [1.54, 1.807) is 7.11 Å². The summed E-state index contributed by atoms with van der Waals surface area (Å²) in [6.07, 6.45) is 3.23. The predicted molar refractivity (Wildman–Crippen MR) is 126 cm³/mol. The minimum absolute atomic E-state index is 0. The molecule has 4 N–H and O–H groups in total. The number of nitrogens with one attached hydrogen (secondary N) is 3. The van der Waals surface area contributed by atoms with Crippen molar-refractivity contribution in [2.45, 2.75) is 31.9 Å². The molecule has 33 heavy (non-hydrogen) atoms. The number of aromatic amines is 1. The number of nitrogens with zero attached hydrogens (tertiary/aromatic N) is 2. The topological polar surface area (TPSA) is 121 Å². The van der Waals surface area contributed by atoms with Crippen LogP contribution >= 0.6 is 12.4 Å². The van der Waals surface area contributed by atoms with Crippen molar-refractivity contribution in [3.8, 4) is 22.8 Å². The van der Waals surface area contributed by atoms with Gasteiger partial charge in [-0.05, 0) is 37.8 Å². The summed E-state index contributed by atoms with van der Waals surface area (Å²) in [5.74, 6) is 1.72. The molecule has 0 spiro atoms. The van der Waals surface area contributed by atoms with E-state index in [1.807, 2.05) is 25.1 Å². The van der Waals surface area contributed by atoms with Crippen molar-refractivity contribution >= 4 is 29.3 Å². The SMILES string of the molecule is COc1ccc(-c2ncnc3c(C(=O)N[C@@H]4CNC[C@H]4O)c(C)[nH]c23)c(OCC2CC2)c1.Cl.